The third-order valence-corrected chi connectivity index (χ3v) is 5.59. The number of halogens is 3. The summed E-state index contributed by atoms with van der Waals surface area (Å²) in [6.07, 6.45) is -4.39. The molecule has 1 heterocycles. The fraction of sp³-hybridized carbons (Fsp3) is 0.107. The topological polar surface area (TPSA) is 79.3 Å². The first-order valence-electron chi connectivity index (χ1n) is 11.0. The van der Waals surface area contributed by atoms with Crippen molar-refractivity contribution in [2.24, 2.45) is 0 Å². The highest BCUT2D eigenvalue weighted by Gasteiger charge is 2.30. The minimum Gasteiger partial charge on any atom is -0.480 e. The van der Waals surface area contributed by atoms with Crippen molar-refractivity contribution >= 4 is 11.9 Å². The van der Waals surface area contributed by atoms with E-state index in [-0.39, 0.29) is 12.1 Å². The SMILES string of the molecule is O=C(N[C@@H](Cc1ccc(-c2ccccc2)cc1)C(=O)O)c1cccc(-c2ccc(C(F)(F)F)cc2)n1. The fourth-order valence-corrected chi connectivity index (χ4v) is 3.68. The van der Waals surface area contributed by atoms with Gasteiger partial charge in [0.1, 0.15) is 11.7 Å². The number of carbonyl (C=O) groups excluding carboxylic acids is 1. The minimum atomic E-state index is -4.46. The van der Waals surface area contributed by atoms with Gasteiger partial charge in [-0.15, -0.1) is 0 Å². The van der Waals surface area contributed by atoms with Gasteiger partial charge in [0.05, 0.1) is 11.3 Å². The zero-order chi connectivity index (χ0) is 25.7. The molecule has 0 aliphatic rings. The van der Waals surface area contributed by atoms with Crippen LogP contribution in [0.1, 0.15) is 21.6 Å². The summed E-state index contributed by atoms with van der Waals surface area (Å²) in [5, 5.41) is 12.1. The van der Waals surface area contributed by atoms with Crippen LogP contribution in [0, 0.1) is 0 Å². The lowest BCUT2D eigenvalue weighted by molar-refractivity contribution is -0.139. The standard InChI is InChI=1S/C28H21F3N2O3/c29-28(30,31)22-15-13-21(14-16-22)23-7-4-8-24(32-23)26(34)33-25(27(35)36)17-18-9-11-20(12-10-18)19-5-2-1-3-6-19/h1-16,25H,17H2,(H,33,34)(H,35,36)/t25-/m0/s1. The van der Waals surface area contributed by atoms with Gasteiger partial charge in [-0.05, 0) is 41.0 Å². The van der Waals surface area contributed by atoms with E-state index in [4.69, 9.17) is 0 Å². The van der Waals surface area contributed by atoms with Crippen LogP contribution in [0.25, 0.3) is 22.4 Å². The largest absolute Gasteiger partial charge is 0.480 e. The number of carbonyl (C=O) groups is 2. The first-order chi connectivity index (χ1) is 17.2. The number of hydrogen-bond donors (Lipinski definition) is 2. The van der Waals surface area contributed by atoms with Crippen LogP contribution >= 0.6 is 0 Å². The van der Waals surface area contributed by atoms with Crippen molar-refractivity contribution in [1.82, 2.24) is 10.3 Å². The van der Waals surface area contributed by atoms with Crippen LogP contribution in [0.4, 0.5) is 13.2 Å². The van der Waals surface area contributed by atoms with Gasteiger partial charge in [0.25, 0.3) is 5.91 Å². The second-order valence-electron chi connectivity index (χ2n) is 8.11. The number of hydrogen-bond acceptors (Lipinski definition) is 3. The molecule has 4 aromatic rings. The molecule has 0 saturated carbocycles. The molecule has 0 aliphatic carbocycles. The zero-order valence-corrected chi connectivity index (χ0v) is 18.9. The number of carboxylic acids is 1. The number of amides is 1. The van der Waals surface area contributed by atoms with Crippen LogP contribution in [0.15, 0.2) is 97.1 Å². The monoisotopic (exact) mass is 490 g/mol. The van der Waals surface area contributed by atoms with Gasteiger partial charge in [-0.1, -0.05) is 72.8 Å². The summed E-state index contributed by atoms with van der Waals surface area (Å²) in [6.45, 7) is 0. The molecule has 0 unspecified atom stereocenters. The molecule has 8 heteroatoms. The number of nitrogens with one attached hydrogen (secondary N) is 1. The number of pyridine rings is 1. The lowest BCUT2D eigenvalue weighted by Gasteiger charge is -2.15. The van der Waals surface area contributed by atoms with Crippen LogP contribution in [0.5, 0.6) is 0 Å². The van der Waals surface area contributed by atoms with Gasteiger partial charge in [-0.25, -0.2) is 9.78 Å². The van der Waals surface area contributed by atoms with Gasteiger partial charge in [-0.2, -0.15) is 13.2 Å². The Morgan fingerprint density at radius 2 is 1.39 bits per heavy atom. The third-order valence-electron chi connectivity index (χ3n) is 5.59. The number of benzene rings is 3. The minimum absolute atomic E-state index is 0.0435. The van der Waals surface area contributed by atoms with Crippen molar-refractivity contribution in [2.75, 3.05) is 0 Å². The van der Waals surface area contributed by atoms with Gasteiger partial charge in [0.2, 0.25) is 0 Å². The molecule has 1 aromatic heterocycles. The summed E-state index contributed by atoms with van der Waals surface area (Å²) in [5.41, 5.74) is 2.60. The van der Waals surface area contributed by atoms with E-state index in [9.17, 15) is 27.9 Å². The van der Waals surface area contributed by atoms with E-state index in [1.807, 2.05) is 54.6 Å². The summed E-state index contributed by atoms with van der Waals surface area (Å²) >= 11 is 0. The smallest absolute Gasteiger partial charge is 0.416 e. The Morgan fingerprint density at radius 1 is 0.778 bits per heavy atom. The number of nitrogens with zero attached hydrogens (tertiary/aromatic N) is 1. The normalized spacial score (nSPS) is 12.1. The molecule has 4 rings (SSSR count). The Balaban J connectivity index is 1.46. The molecule has 0 bridgehead atoms. The number of rotatable bonds is 7. The molecular formula is C28H21F3N2O3. The van der Waals surface area contributed by atoms with Gasteiger partial charge < -0.3 is 10.4 Å². The van der Waals surface area contributed by atoms with Crippen LogP contribution in [0.3, 0.4) is 0 Å². The average molecular weight is 490 g/mol. The summed E-state index contributed by atoms with van der Waals surface area (Å²) < 4.78 is 38.4. The van der Waals surface area contributed by atoms with E-state index in [2.05, 4.69) is 10.3 Å². The van der Waals surface area contributed by atoms with Crippen molar-refractivity contribution in [3.8, 4) is 22.4 Å². The number of aliphatic carboxylic acids is 1. The van der Waals surface area contributed by atoms with E-state index in [0.29, 0.717) is 11.3 Å². The zero-order valence-electron chi connectivity index (χ0n) is 18.9. The van der Waals surface area contributed by atoms with E-state index in [1.165, 1.54) is 24.3 Å². The van der Waals surface area contributed by atoms with E-state index in [1.54, 1.807) is 6.07 Å². The van der Waals surface area contributed by atoms with Crippen molar-refractivity contribution in [1.29, 1.82) is 0 Å². The first kappa shape index (κ1) is 24.7. The molecule has 182 valence electrons. The maximum absolute atomic E-state index is 12.8. The Bertz CT molecular complexity index is 1350. The molecule has 0 spiro atoms. The molecule has 1 amide bonds. The van der Waals surface area contributed by atoms with Gasteiger partial charge in [-0.3, -0.25) is 4.79 Å². The Hall–Kier alpha value is -4.46. The summed E-state index contributed by atoms with van der Waals surface area (Å²) in [4.78, 5) is 28.8. The van der Waals surface area contributed by atoms with Crippen LogP contribution in [0.2, 0.25) is 0 Å². The highest BCUT2D eigenvalue weighted by Crippen LogP contribution is 2.30. The Kier molecular flexibility index (Phi) is 7.15. The molecule has 3 aromatic carbocycles. The Morgan fingerprint density at radius 3 is 2.00 bits per heavy atom. The average Bonchev–Trinajstić information content (AvgIpc) is 2.89. The van der Waals surface area contributed by atoms with Gasteiger partial charge in [0.15, 0.2) is 0 Å². The molecule has 0 aliphatic heterocycles. The number of aromatic nitrogens is 1. The van der Waals surface area contributed by atoms with Gasteiger partial charge >= 0.3 is 12.1 Å². The molecule has 5 nitrogen and oxygen atoms in total. The Labute approximate surface area is 205 Å². The third kappa shape index (κ3) is 5.96. The number of alkyl halides is 3. The van der Waals surface area contributed by atoms with Crippen LogP contribution in [-0.2, 0) is 17.4 Å². The van der Waals surface area contributed by atoms with Crippen molar-refractivity contribution in [3.05, 3.63) is 114 Å². The number of carboxylic acid groups (broad SMARTS) is 1. The van der Waals surface area contributed by atoms with E-state index in [0.717, 1.165) is 28.8 Å². The van der Waals surface area contributed by atoms with Crippen molar-refractivity contribution in [3.63, 3.8) is 0 Å². The molecule has 1 atom stereocenters. The summed E-state index contributed by atoms with van der Waals surface area (Å²) in [7, 11) is 0. The predicted octanol–water partition coefficient (Wildman–Crippen LogP) is 5.86. The molecule has 0 radical (unpaired) electrons. The van der Waals surface area contributed by atoms with Crippen LogP contribution < -0.4 is 5.32 Å². The van der Waals surface area contributed by atoms with Crippen molar-refractivity contribution < 1.29 is 27.9 Å². The highest BCUT2D eigenvalue weighted by molar-refractivity contribution is 5.95. The maximum atomic E-state index is 12.8. The van der Waals surface area contributed by atoms with Crippen molar-refractivity contribution in [2.45, 2.75) is 18.6 Å². The summed E-state index contributed by atoms with van der Waals surface area (Å²) in [5.74, 6) is -1.90. The second-order valence-corrected chi connectivity index (χ2v) is 8.11. The molecule has 36 heavy (non-hydrogen) atoms. The van der Waals surface area contributed by atoms with Crippen LogP contribution in [-0.4, -0.2) is 28.0 Å². The molecule has 0 saturated heterocycles. The van der Waals surface area contributed by atoms with Gasteiger partial charge in [0, 0.05) is 12.0 Å². The first-order valence-corrected chi connectivity index (χ1v) is 11.0. The fourth-order valence-electron chi connectivity index (χ4n) is 3.68. The lowest BCUT2D eigenvalue weighted by atomic mass is 10.0. The maximum Gasteiger partial charge on any atom is 0.416 e. The van der Waals surface area contributed by atoms with E-state index >= 15 is 0 Å². The summed E-state index contributed by atoms with van der Waals surface area (Å²) in [6, 6.07) is 24.9. The highest BCUT2D eigenvalue weighted by atomic mass is 19.4. The quantitative estimate of drug-likeness (QED) is 0.340. The molecule has 2 N–H and O–H groups in total. The second kappa shape index (κ2) is 10.4. The molecule has 0 fully saturated rings. The molecular weight excluding hydrogens is 469 g/mol. The lowest BCUT2D eigenvalue weighted by Crippen LogP contribution is -2.42. The van der Waals surface area contributed by atoms with E-state index < -0.39 is 29.7 Å². The predicted molar refractivity (Wildman–Crippen MR) is 129 cm³/mol.